The highest BCUT2D eigenvalue weighted by Crippen LogP contribution is 2.59. The lowest BCUT2D eigenvalue weighted by molar-refractivity contribution is -0.00960. The van der Waals surface area contributed by atoms with Gasteiger partial charge in [0, 0.05) is 16.7 Å². The Balaban J connectivity index is 1.79. The van der Waals surface area contributed by atoms with Gasteiger partial charge in [0.1, 0.15) is 5.82 Å². The molecule has 0 aromatic carbocycles. The zero-order valence-electron chi connectivity index (χ0n) is 12.5. The number of aromatic amines is 1. The van der Waals surface area contributed by atoms with E-state index in [-0.39, 0.29) is 11.0 Å². The molecular formula is C17H24N2O. The van der Waals surface area contributed by atoms with Gasteiger partial charge in [0.15, 0.2) is 0 Å². The van der Waals surface area contributed by atoms with Crippen LogP contribution in [-0.2, 0) is 11.8 Å². The predicted octanol–water partition coefficient (Wildman–Crippen LogP) is 3.11. The molecule has 20 heavy (non-hydrogen) atoms. The van der Waals surface area contributed by atoms with Crippen LogP contribution in [-0.4, -0.2) is 9.97 Å². The van der Waals surface area contributed by atoms with Crippen LogP contribution in [0, 0.1) is 24.7 Å². The summed E-state index contributed by atoms with van der Waals surface area (Å²) >= 11 is 0. The number of hydrogen-bond donors (Lipinski definition) is 1. The molecule has 5 rings (SSSR count). The number of hydrogen-bond acceptors (Lipinski definition) is 2. The standard InChI is InChI=1S/C17H24N2O/c1-3-14-10(2)18-16(19-15(14)20)17-7-11-4-12(8-17)6-13(5-11)9-17/h11-13H,3-9H2,1-2H3,(H,18,19,20). The Bertz CT molecular complexity index is 566. The monoisotopic (exact) mass is 272 g/mol. The van der Waals surface area contributed by atoms with Crippen molar-refractivity contribution in [2.45, 2.75) is 64.2 Å². The average molecular weight is 272 g/mol. The Morgan fingerprint density at radius 1 is 1.15 bits per heavy atom. The van der Waals surface area contributed by atoms with Gasteiger partial charge in [-0.1, -0.05) is 6.92 Å². The number of nitrogens with zero attached hydrogens (tertiary/aromatic N) is 1. The summed E-state index contributed by atoms with van der Waals surface area (Å²) in [4.78, 5) is 20.3. The Morgan fingerprint density at radius 2 is 1.70 bits per heavy atom. The fraction of sp³-hybridized carbons (Fsp3) is 0.765. The Morgan fingerprint density at radius 3 is 2.15 bits per heavy atom. The van der Waals surface area contributed by atoms with Crippen molar-refractivity contribution in [2.75, 3.05) is 0 Å². The molecule has 0 unspecified atom stereocenters. The van der Waals surface area contributed by atoms with Crippen LogP contribution in [0.5, 0.6) is 0 Å². The number of nitrogens with one attached hydrogen (secondary N) is 1. The molecule has 0 saturated heterocycles. The molecule has 1 aromatic heterocycles. The minimum absolute atomic E-state index is 0.103. The molecule has 4 aliphatic carbocycles. The lowest BCUT2D eigenvalue weighted by Crippen LogP contribution is -2.50. The second-order valence-corrected chi connectivity index (χ2v) is 7.53. The predicted molar refractivity (Wildman–Crippen MR) is 78.8 cm³/mol. The van der Waals surface area contributed by atoms with Crippen LogP contribution in [0.15, 0.2) is 4.79 Å². The fourth-order valence-corrected chi connectivity index (χ4v) is 5.68. The largest absolute Gasteiger partial charge is 0.310 e. The third-order valence-corrected chi connectivity index (χ3v) is 6.12. The fourth-order valence-electron chi connectivity index (χ4n) is 5.68. The molecule has 4 aliphatic rings. The van der Waals surface area contributed by atoms with Gasteiger partial charge in [-0.15, -0.1) is 0 Å². The minimum Gasteiger partial charge on any atom is -0.310 e. The van der Waals surface area contributed by atoms with Gasteiger partial charge in [-0.05, 0) is 69.6 Å². The molecule has 3 nitrogen and oxygen atoms in total. The van der Waals surface area contributed by atoms with Crippen molar-refractivity contribution < 1.29 is 0 Å². The lowest BCUT2D eigenvalue weighted by atomic mass is 9.49. The van der Waals surface area contributed by atoms with Gasteiger partial charge in [0.25, 0.3) is 5.56 Å². The average Bonchev–Trinajstić information content (AvgIpc) is 2.36. The Labute approximate surface area is 120 Å². The van der Waals surface area contributed by atoms with Crippen LogP contribution in [0.2, 0.25) is 0 Å². The first-order chi connectivity index (χ1) is 9.59. The topological polar surface area (TPSA) is 45.8 Å². The molecule has 3 heteroatoms. The van der Waals surface area contributed by atoms with Crippen LogP contribution >= 0.6 is 0 Å². The zero-order valence-corrected chi connectivity index (χ0v) is 12.5. The molecular weight excluding hydrogens is 248 g/mol. The third kappa shape index (κ3) is 1.71. The molecule has 1 heterocycles. The summed E-state index contributed by atoms with van der Waals surface area (Å²) in [6.07, 6.45) is 8.82. The van der Waals surface area contributed by atoms with E-state index >= 15 is 0 Å². The molecule has 4 bridgehead atoms. The maximum Gasteiger partial charge on any atom is 0.254 e. The van der Waals surface area contributed by atoms with Gasteiger partial charge < -0.3 is 4.98 Å². The lowest BCUT2D eigenvalue weighted by Gasteiger charge is -2.56. The van der Waals surface area contributed by atoms with Gasteiger partial charge in [-0.3, -0.25) is 4.79 Å². The third-order valence-electron chi connectivity index (χ3n) is 6.12. The van der Waals surface area contributed by atoms with Crippen molar-refractivity contribution in [1.82, 2.24) is 9.97 Å². The summed E-state index contributed by atoms with van der Waals surface area (Å²) in [7, 11) is 0. The van der Waals surface area contributed by atoms with Gasteiger partial charge in [0.05, 0.1) is 0 Å². The van der Waals surface area contributed by atoms with E-state index in [2.05, 4.69) is 4.98 Å². The first-order valence-electron chi connectivity index (χ1n) is 8.20. The van der Waals surface area contributed by atoms with E-state index in [9.17, 15) is 4.79 Å². The van der Waals surface area contributed by atoms with Crippen LogP contribution in [0.25, 0.3) is 0 Å². The van der Waals surface area contributed by atoms with E-state index in [0.29, 0.717) is 0 Å². The molecule has 108 valence electrons. The molecule has 0 aliphatic heterocycles. The highest BCUT2D eigenvalue weighted by molar-refractivity contribution is 5.23. The number of aryl methyl sites for hydroxylation is 1. The quantitative estimate of drug-likeness (QED) is 0.899. The van der Waals surface area contributed by atoms with E-state index in [1.807, 2.05) is 13.8 Å². The number of H-pyrrole nitrogens is 1. The first-order valence-corrected chi connectivity index (χ1v) is 8.20. The number of rotatable bonds is 2. The summed E-state index contributed by atoms with van der Waals surface area (Å²) in [6.45, 7) is 4.03. The van der Waals surface area contributed by atoms with E-state index in [4.69, 9.17) is 4.98 Å². The van der Waals surface area contributed by atoms with Crippen LogP contribution in [0.3, 0.4) is 0 Å². The summed E-state index contributed by atoms with van der Waals surface area (Å²) in [5.74, 6) is 3.67. The molecule has 0 amide bonds. The smallest absolute Gasteiger partial charge is 0.254 e. The van der Waals surface area contributed by atoms with Crippen LogP contribution < -0.4 is 5.56 Å². The highest BCUT2D eigenvalue weighted by Gasteiger charge is 2.52. The van der Waals surface area contributed by atoms with Crippen LogP contribution in [0.4, 0.5) is 0 Å². The summed E-state index contributed by atoms with van der Waals surface area (Å²) in [5.41, 5.74) is 2.11. The molecule has 4 fully saturated rings. The van der Waals surface area contributed by atoms with E-state index in [1.54, 1.807) is 0 Å². The molecule has 4 saturated carbocycles. The van der Waals surface area contributed by atoms with Gasteiger partial charge in [-0.25, -0.2) is 4.98 Å². The van der Waals surface area contributed by atoms with Crippen molar-refractivity contribution in [3.05, 3.63) is 27.4 Å². The van der Waals surface area contributed by atoms with Crippen molar-refractivity contribution in [3.8, 4) is 0 Å². The minimum atomic E-state index is 0.103. The second kappa shape index (κ2) is 4.19. The molecule has 0 spiro atoms. The van der Waals surface area contributed by atoms with Gasteiger partial charge in [-0.2, -0.15) is 0 Å². The number of aromatic nitrogens is 2. The highest BCUT2D eigenvalue weighted by atomic mass is 16.1. The van der Waals surface area contributed by atoms with Gasteiger partial charge in [0.2, 0.25) is 0 Å². The molecule has 1 N–H and O–H groups in total. The first kappa shape index (κ1) is 12.6. The summed E-state index contributed by atoms with van der Waals surface area (Å²) in [5, 5.41) is 0. The van der Waals surface area contributed by atoms with E-state index in [1.165, 1.54) is 38.5 Å². The Kier molecular flexibility index (Phi) is 2.64. The summed E-state index contributed by atoms with van der Waals surface area (Å²) in [6, 6.07) is 0. The maximum absolute atomic E-state index is 12.3. The second-order valence-electron chi connectivity index (χ2n) is 7.53. The molecule has 0 atom stereocenters. The van der Waals surface area contributed by atoms with Crippen molar-refractivity contribution >= 4 is 0 Å². The van der Waals surface area contributed by atoms with Gasteiger partial charge >= 0.3 is 0 Å². The SMILES string of the molecule is CCc1c(C)nc(C23CC4CC(CC(C4)C2)C3)[nH]c1=O. The molecule has 1 aromatic rings. The summed E-state index contributed by atoms with van der Waals surface area (Å²) < 4.78 is 0. The van der Waals surface area contributed by atoms with Crippen molar-refractivity contribution in [1.29, 1.82) is 0 Å². The normalized spacial score (nSPS) is 38.4. The Hall–Kier alpha value is -1.12. The molecule has 0 radical (unpaired) electrons. The van der Waals surface area contributed by atoms with E-state index < -0.39 is 0 Å². The van der Waals surface area contributed by atoms with Crippen LogP contribution in [0.1, 0.15) is 62.5 Å². The maximum atomic E-state index is 12.3. The zero-order chi connectivity index (χ0) is 13.9. The van der Waals surface area contributed by atoms with Crippen molar-refractivity contribution in [2.24, 2.45) is 17.8 Å². The van der Waals surface area contributed by atoms with Crippen molar-refractivity contribution in [3.63, 3.8) is 0 Å². The van der Waals surface area contributed by atoms with E-state index in [0.717, 1.165) is 41.3 Å².